The van der Waals surface area contributed by atoms with Gasteiger partial charge in [0.15, 0.2) is 6.61 Å². The summed E-state index contributed by atoms with van der Waals surface area (Å²) in [6, 6.07) is 13.8. The van der Waals surface area contributed by atoms with Gasteiger partial charge >= 0.3 is 12.1 Å². The molecule has 3 heterocycles. The van der Waals surface area contributed by atoms with Crippen LogP contribution in [0.3, 0.4) is 0 Å². The highest BCUT2D eigenvalue weighted by Gasteiger charge is 2.34. The minimum Gasteiger partial charge on any atom is -0.484 e. The topological polar surface area (TPSA) is 163 Å². The van der Waals surface area contributed by atoms with Crippen LogP contribution in [-0.4, -0.2) is 70.7 Å². The zero-order valence-electron chi connectivity index (χ0n) is 27.7. The number of halogens is 3. The van der Waals surface area contributed by atoms with Crippen LogP contribution in [0.25, 0.3) is 0 Å². The Kier molecular flexibility index (Phi) is 12.6. The summed E-state index contributed by atoms with van der Waals surface area (Å²) in [6.45, 7) is -0.455. The molecule has 0 radical (unpaired) electrons. The number of amides is 4. The maximum Gasteiger partial charge on any atom is 0.416 e. The second kappa shape index (κ2) is 17.3. The Morgan fingerprint density at radius 3 is 1.94 bits per heavy atom. The number of rotatable bonds is 7. The maximum atomic E-state index is 14.1. The molecule has 0 saturated carbocycles. The summed E-state index contributed by atoms with van der Waals surface area (Å²) in [5.41, 5.74) is 0.550. The lowest BCUT2D eigenvalue weighted by Crippen LogP contribution is -2.59. The van der Waals surface area contributed by atoms with E-state index >= 15 is 0 Å². The fourth-order valence-corrected chi connectivity index (χ4v) is 6.74. The molecule has 5 atom stereocenters. The van der Waals surface area contributed by atoms with Crippen LogP contribution >= 0.6 is 11.8 Å². The average molecular weight is 739 g/mol. The lowest BCUT2D eigenvalue weighted by molar-refractivity contribution is -0.142. The van der Waals surface area contributed by atoms with Gasteiger partial charge in [0.2, 0.25) is 17.7 Å². The van der Waals surface area contributed by atoms with Crippen LogP contribution in [0, 0.1) is 0 Å². The van der Waals surface area contributed by atoms with Crippen molar-refractivity contribution in [2.75, 3.05) is 6.61 Å². The number of alkyl halides is 3. The highest BCUT2D eigenvalue weighted by molar-refractivity contribution is 8.03. The summed E-state index contributed by atoms with van der Waals surface area (Å²) < 4.78 is 45.5. The molecule has 6 rings (SSSR count). The zero-order chi connectivity index (χ0) is 37.3. The molecule has 0 spiro atoms. The molecular formula is C37H37F3N4O7S. The minimum atomic E-state index is -4.60. The predicted molar refractivity (Wildman–Crippen MR) is 186 cm³/mol. The number of nitrogens with one attached hydrogen (secondary N) is 4. The van der Waals surface area contributed by atoms with Crippen LogP contribution in [0.5, 0.6) is 5.75 Å². The maximum absolute atomic E-state index is 14.1. The van der Waals surface area contributed by atoms with E-state index in [-0.39, 0.29) is 36.5 Å². The lowest BCUT2D eigenvalue weighted by Gasteiger charge is -2.27. The van der Waals surface area contributed by atoms with Crippen molar-refractivity contribution in [2.24, 2.45) is 0 Å². The van der Waals surface area contributed by atoms with E-state index in [1.807, 2.05) is 11.5 Å². The molecule has 4 amide bonds. The molecule has 2 bridgehead atoms. The number of fused-ring (bicyclic) bond motifs is 16. The fourth-order valence-electron chi connectivity index (χ4n) is 5.77. The van der Waals surface area contributed by atoms with Crippen molar-refractivity contribution in [2.45, 2.75) is 67.7 Å². The van der Waals surface area contributed by atoms with Crippen LogP contribution in [0.4, 0.5) is 13.2 Å². The minimum absolute atomic E-state index is 0.0533. The summed E-state index contributed by atoms with van der Waals surface area (Å²) in [5, 5.41) is 22.3. The van der Waals surface area contributed by atoms with E-state index in [0.29, 0.717) is 23.3 Å². The van der Waals surface area contributed by atoms with Crippen molar-refractivity contribution in [3.05, 3.63) is 113 Å². The zero-order valence-corrected chi connectivity index (χ0v) is 28.5. The third-order valence-corrected chi connectivity index (χ3v) is 9.65. The Balaban J connectivity index is 1.49. The third kappa shape index (κ3) is 10.8. The van der Waals surface area contributed by atoms with Crippen molar-refractivity contribution in [1.82, 2.24) is 21.3 Å². The molecule has 11 nitrogen and oxygen atoms in total. The normalized spacial score (nSPS) is 23.2. The average Bonchev–Trinajstić information content (AvgIpc) is 3.63. The van der Waals surface area contributed by atoms with Gasteiger partial charge in [-0.05, 0) is 59.2 Å². The van der Waals surface area contributed by atoms with Crippen molar-refractivity contribution in [1.29, 1.82) is 0 Å². The molecule has 0 aromatic heterocycles. The third-order valence-electron chi connectivity index (χ3n) is 8.53. The Labute approximate surface area is 301 Å². The summed E-state index contributed by atoms with van der Waals surface area (Å²) in [5.74, 6) is -4.03. The molecule has 3 aromatic rings. The number of ether oxygens (including phenoxy) is 1. The highest BCUT2D eigenvalue weighted by atomic mass is 32.2. The first-order chi connectivity index (χ1) is 24.8. The van der Waals surface area contributed by atoms with E-state index in [9.17, 15) is 42.3 Å². The van der Waals surface area contributed by atoms with Crippen molar-refractivity contribution < 1.29 is 47.0 Å². The van der Waals surface area contributed by atoms with Gasteiger partial charge in [-0.1, -0.05) is 60.7 Å². The van der Waals surface area contributed by atoms with E-state index in [1.54, 1.807) is 54.6 Å². The largest absolute Gasteiger partial charge is 0.484 e. The molecule has 0 aliphatic carbocycles. The number of hydrogen-bond donors (Lipinski definition) is 5. The molecular weight excluding hydrogens is 701 g/mol. The number of carbonyl (C=O) groups excluding carboxylic acids is 4. The second-order valence-corrected chi connectivity index (χ2v) is 13.7. The number of carboxylic acids is 1. The molecule has 3 aromatic carbocycles. The fraction of sp³-hybridized carbons (Fsp3) is 0.324. The van der Waals surface area contributed by atoms with Crippen LogP contribution in [0.1, 0.15) is 35.1 Å². The first-order valence-corrected chi connectivity index (χ1v) is 17.4. The number of thioether (sulfide) groups is 1. The van der Waals surface area contributed by atoms with Crippen molar-refractivity contribution >= 4 is 41.4 Å². The molecule has 52 heavy (non-hydrogen) atoms. The quantitative estimate of drug-likeness (QED) is 0.230. The molecule has 3 aliphatic rings. The van der Waals surface area contributed by atoms with E-state index < -0.39 is 72.1 Å². The van der Waals surface area contributed by atoms with E-state index in [2.05, 4.69) is 21.3 Å². The highest BCUT2D eigenvalue weighted by Crippen LogP contribution is 2.30. The summed E-state index contributed by atoms with van der Waals surface area (Å²) >= 11 is 1.48. The molecule has 3 aliphatic heterocycles. The summed E-state index contributed by atoms with van der Waals surface area (Å²) in [4.78, 5) is 67.0. The number of carboxylic acid groups (broad SMARTS) is 1. The Morgan fingerprint density at radius 1 is 0.769 bits per heavy atom. The number of benzene rings is 3. The molecule has 5 N–H and O–H groups in total. The SMILES string of the molecule is O=C1COc2ccc(cc2)C[C@@H](C(=O)O)NC(=O)[C@H](Cc2ccccc2)NC(=O)[C@@H](Cc2ccc(C(F)(F)F)cc2)NC(=O)[C@H](CC2CC=CS2)N1. The second-order valence-electron chi connectivity index (χ2n) is 12.5. The number of allylic oxidation sites excluding steroid dienone is 1. The number of hydrogen-bond acceptors (Lipinski definition) is 7. The van der Waals surface area contributed by atoms with Crippen molar-refractivity contribution in [3.8, 4) is 5.75 Å². The van der Waals surface area contributed by atoms with Gasteiger partial charge in [0.05, 0.1) is 5.56 Å². The van der Waals surface area contributed by atoms with E-state index in [1.165, 1.54) is 23.9 Å². The van der Waals surface area contributed by atoms with Crippen LogP contribution < -0.4 is 26.0 Å². The van der Waals surface area contributed by atoms with Gasteiger partial charge in [-0.2, -0.15) is 13.2 Å². The van der Waals surface area contributed by atoms with Gasteiger partial charge in [-0.3, -0.25) is 19.2 Å². The van der Waals surface area contributed by atoms with Crippen LogP contribution in [0.2, 0.25) is 0 Å². The first kappa shape index (κ1) is 37.9. The monoisotopic (exact) mass is 738 g/mol. The predicted octanol–water partition coefficient (Wildman–Crippen LogP) is 3.56. The van der Waals surface area contributed by atoms with Crippen LogP contribution in [0.15, 0.2) is 90.3 Å². The molecule has 0 fully saturated rings. The standard InChI is InChI=1S/C37H37F3N4O7S/c38-37(39,40)25-12-8-23(9-13-25)18-29-33(46)42-28(17-22-5-2-1-3-6-22)34(47)44-31(36(49)50)19-24-10-14-26(15-11-24)51-21-32(45)41-30(35(48)43-29)20-27-7-4-16-52-27/h1-6,8-16,27-31H,7,17-21H2,(H,41,45)(H,42,46)(H,43,48)(H,44,47)(H,49,50)/t27?,28-,29+,30-,31-/m0/s1. The first-order valence-electron chi connectivity index (χ1n) is 16.5. The molecule has 1 unspecified atom stereocenters. The van der Waals surface area contributed by atoms with Gasteiger partial charge < -0.3 is 31.1 Å². The smallest absolute Gasteiger partial charge is 0.416 e. The van der Waals surface area contributed by atoms with Gasteiger partial charge in [0.25, 0.3) is 5.91 Å². The van der Waals surface area contributed by atoms with Crippen LogP contribution in [-0.2, 0) is 49.4 Å². The Hall–Kier alpha value is -5.31. The lowest BCUT2D eigenvalue weighted by atomic mass is 10.00. The number of carbonyl (C=O) groups is 5. The van der Waals surface area contributed by atoms with E-state index in [4.69, 9.17) is 4.74 Å². The summed E-state index contributed by atoms with van der Waals surface area (Å²) in [7, 11) is 0. The van der Waals surface area contributed by atoms with Gasteiger partial charge in [0.1, 0.15) is 29.9 Å². The van der Waals surface area contributed by atoms with Crippen molar-refractivity contribution in [3.63, 3.8) is 0 Å². The molecule has 274 valence electrons. The molecule has 15 heteroatoms. The summed E-state index contributed by atoms with van der Waals surface area (Å²) in [6.07, 6.45) is -2.29. The number of aliphatic carboxylic acids is 1. The van der Waals surface area contributed by atoms with Gasteiger partial charge in [-0.15, -0.1) is 11.8 Å². The van der Waals surface area contributed by atoms with E-state index in [0.717, 1.165) is 12.1 Å². The van der Waals surface area contributed by atoms with Gasteiger partial charge in [-0.25, -0.2) is 4.79 Å². The van der Waals surface area contributed by atoms with Gasteiger partial charge in [0, 0.05) is 24.5 Å². The Bertz CT molecular complexity index is 1760. The Morgan fingerprint density at radius 2 is 1.37 bits per heavy atom. The molecule has 0 saturated heterocycles.